The number of nitrogens with one attached hydrogen (secondary N) is 1. The summed E-state index contributed by atoms with van der Waals surface area (Å²) in [6.45, 7) is 2.17. The molecule has 2 rings (SSSR count). The zero-order valence-corrected chi connectivity index (χ0v) is 10.1. The largest absolute Gasteiger partial charge is 0.271 e. The zero-order valence-electron chi connectivity index (χ0n) is 9.33. The highest BCUT2D eigenvalue weighted by Gasteiger charge is 2.22. The second kappa shape index (κ2) is 5.10. The Kier molecular flexibility index (Phi) is 3.78. The van der Waals surface area contributed by atoms with Crippen LogP contribution in [0.1, 0.15) is 48.6 Å². The molecular weight excluding hydrogens is 204 g/mol. The summed E-state index contributed by atoms with van der Waals surface area (Å²) in [4.78, 5) is 1.42. The normalized spacial score (nSPS) is 19.6. The van der Waals surface area contributed by atoms with Crippen molar-refractivity contribution in [3.63, 3.8) is 0 Å². The van der Waals surface area contributed by atoms with Gasteiger partial charge in [0.05, 0.1) is 6.04 Å². The molecule has 1 aromatic rings. The van der Waals surface area contributed by atoms with Gasteiger partial charge in [-0.15, -0.1) is 11.3 Å². The van der Waals surface area contributed by atoms with Crippen molar-refractivity contribution in [1.82, 2.24) is 5.43 Å². The van der Waals surface area contributed by atoms with Crippen molar-refractivity contribution in [2.75, 3.05) is 0 Å². The number of rotatable bonds is 4. The van der Waals surface area contributed by atoms with Gasteiger partial charge in [-0.3, -0.25) is 11.3 Å². The zero-order chi connectivity index (χ0) is 10.7. The number of thiophene rings is 1. The van der Waals surface area contributed by atoms with Gasteiger partial charge in [0, 0.05) is 4.88 Å². The van der Waals surface area contributed by atoms with Gasteiger partial charge in [0.25, 0.3) is 0 Å². The molecule has 1 atom stereocenters. The third kappa shape index (κ3) is 2.60. The average Bonchev–Trinajstić information content (AvgIpc) is 2.85. The Balaban J connectivity index is 2.00. The highest BCUT2D eigenvalue weighted by atomic mass is 32.1. The Morgan fingerprint density at radius 3 is 2.80 bits per heavy atom. The molecule has 0 aliphatic heterocycles. The van der Waals surface area contributed by atoms with Crippen LogP contribution in [-0.2, 0) is 0 Å². The van der Waals surface area contributed by atoms with Gasteiger partial charge in [-0.1, -0.05) is 25.7 Å². The lowest BCUT2D eigenvalue weighted by Gasteiger charge is -2.19. The Labute approximate surface area is 95.8 Å². The molecule has 1 aromatic heterocycles. The molecule has 1 aliphatic carbocycles. The Morgan fingerprint density at radius 2 is 2.27 bits per heavy atom. The molecule has 2 nitrogen and oxygen atoms in total. The van der Waals surface area contributed by atoms with Crippen LogP contribution in [0.2, 0.25) is 0 Å². The molecule has 0 radical (unpaired) electrons. The summed E-state index contributed by atoms with van der Waals surface area (Å²) in [6.07, 6.45) is 6.81. The Hall–Kier alpha value is -0.380. The molecule has 3 heteroatoms. The van der Waals surface area contributed by atoms with Crippen LogP contribution in [-0.4, -0.2) is 0 Å². The van der Waals surface area contributed by atoms with E-state index in [1.54, 1.807) is 0 Å². The summed E-state index contributed by atoms with van der Waals surface area (Å²) in [5, 5.41) is 2.16. The van der Waals surface area contributed by atoms with Crippen LogP contribution in [0.4, 0.5) is 0 Å². The molecule has 0 amide bonds. The van der Waals surface area contributed by atoms with Crippen molar-refractivity contribution in [3.8, 4) is 0 Å². The molecular formula is C12H20N2S. The van der Waals surface area contributed by atoms with E-state index in [2.05, 4.69) is 23.8 Å². The van der Waals surface area contributed by atoms with E-state index in [1.807, 2.05) is 11.3 Å². The smallest absolute Gasteiger partial charge is 0.0558 e. The second-order valence-corrected chi connectivity index (χ2v) is 5.52. The SMILES string of the molecule is Cc1ccsc1C(CC1CCCC1)NN. The molecule has 3 N–H and O–H groups in total. The lowest BCUT2D eigenvalue weighted by Crippen LogP contribution is -2.29. The first kappa shape index (κ1) is 11.1. The van der Waals surface area contributed by atoms with Crippen molar-refractivity contribution in [3.05, 3.63) is 21.9 Å². The molecule has 0 aromatic carbocycles. The van der Waals surface area contributed by atoms with Crippen LogP contribution in [0.15, 0.2) is 11.4 Å². The van der Waals surface area contributed by atoms with Gasteiger partial charge in [-0.25, -0.2) is 0 Å². The summed E-state index contributed by atoms with van der Waals surface area (Å²) < 4.78 is 0. The van der Waals surface area contributed by atoms with Crippen molar-refractivity contribution in [2.24, 2.45) is 11.8 Å². The van der Waals surface area contributed by atoms with E-state index < -0.39 is 0 Å². The highest BCUT2D eigenvalue weighted by molar-refractivity contribution is 7.10. The minimum atomic E-state index is 0.369. The van der Waals surface area contributed by atoms with Crippen LogP contribution in [0, 0.1) is 12.8 Å². The van der Waals surface area contributed by atoms with Crippen molar-refractivity contribution in [2.45, 2.75) is 45.1 Å². The lowest BCUT2D eigenvalue weighted by atomic mass is 9.97. The fourth-order valence-electron chi connectivity index (χ4n) is 2.57. The summed E-state index contributed by atoms with van der Waals surface area (Å²) in [5.74, 6) is 6.55. The Morgan fingerprint density at radius 1 is 1.53 bits per heavy atom. The topological polar surface area (TPSA) is 38.0 Å². The molecule has 84 valence electrons. The number of nitrogens with two attached hydrogens (primary N) is 1. The molecule has 1 saturated carbocycles. The maximum Gasteiger partial charge on any atom is 0.0558 e. The van der Waals surface area contributed by atoms with Crippen molar-refractivity contribution < 1.29 is 0 Å². The van der Waals surface area contributed by atoms with Crippen LogP contribution in [0.25, 0.3) is 0 Å². The maximum absolute atomic E-state index is 5.67. The van der Waals surface area contributed by atoms with Gasteiger partial charge in [-0.2, -0.15) is 0 Å². The third-order valence-corrected chi connectivity index (χ3v) is 4.60. The van der Waals surface area contributed by atoms with E-state index in [-0.39, 0.29) is 0 Å². The molecule has 1 heterocycles. The third-order valence-electron chi connectivity index (χ3n) is 3.46. The quantitative estimate of drug-likeness (QED) is 0.609. The van der Waals surface area contributed by atoms with E-state index >= 15 is 0 Å². The van der Waals surface area contributed by atoms with Crippen LogP contribution >= 0.6 is 11.3 Å². The van der Waals surface area contributed by atoms with Crippen molar-refractivity contribution in [1.29, 1.82) is 0 Å². The number of hydrogen-bond acceptors (Lipinski definition) is 3. The fourth-order valence-corrected chi connectivity index (χ4v) is 3.57. The van der Waals surface area contributed by atoms with Crippen molar-refractivity contribution >= 4 is 11.3 Å². The van der Waals surface area contributed by atoms with Gasteiger partial charge in [0.1, 0.15) is 0 Å². The molecule has 1 aliphatic rings. The number of hydrogen-bond donors (Lipinski definition) is 2. The monoisotopic (exact) mass is 224 g/mol. The number of aryl methyl sites for hydroxylation is 1. The summed E-state index contributed by atoms with van der Waals surface area (Å²) in [6, 6.07) is 2.55. The molecule has 0 saturated heterocycles. The molecule has 0 bridgehead atoms. The number of hydrazine groups is 1. The van der Waals surface area contributed by atoms with E-state index in [4.69, 9.17) is 5.84 Å². The Bertz CT molecular complexity index is 302. The standard InChI is InChI=1S/C12H20N2S/c1-9-6-7-15-12(9)11(14-13)8-10-4-2-3-5-10/h6-7,10-11,14H,2-5,8,13H2,1H3. The van der Waals surface area contributed by atoms with E-state index in [0.717, 1.165) is 5.92 Å². The summed E-state index contributed by atoms with van der Waals surface area (Å²) in [5.41, 5.74) is 4.36. The average molecular weight is 224 g/mol. The first-order valence-electron chi connectivity index (χ1n) is 5.81. The van der Waals surface area contributed by atoms with Gasteiger partial charge in [-0.05, 0) is 36.3 Å². The maximum atomic E-state index is 5.67. The lowest BCUT2D eigenvalue weighted by molar-refractivity contribution is 0.403. The minimum absolute atomic E-state index is 0.369. The predicted molar refractivity (Wildman–Crippen MR) is 65.7 cm³/mol. The molecule has 1 unspecified atom stereocenters. The van der Waals surface area contributed by atoms with Gasteiger partial charge >= 0.3 is 0 Å². The van der Waals surface area contributed by atoms with Gasteiger partial charge in [0.2, 0.25) is 0 Å². The van der Waals surface area contributed by atoms with E-state index in [9.17, 15) is 0 Å². The molecule has 15 heavy (non-hydrogen) atoms. The second-order valence-electron chi connectivity index (χ2n) is 4.57. The molecule has 0 spiro atoms. The first-order valence-corrected chi connectivity index (χ1v) is 6.69. The minimum Gasteiger partial charge on any atom is -0.271 e. The predicted octanol–water partition coefficient (Wildman–Crippen LogP) is 3.14. The summed E-state index contributed by atoms with van der Waals surface area (Å²) >= 11 is 1.82. The fraction of sp³-hybridized carbons (Fsp3) is 0.667. The van der Waals surface area contributed by atoms with E-state index in [1.165, 1.54) is 42.5 Å². The summed E-state index contributed by atoms with van der Waals surface area (Å²) in [7, 11) is 0. The van der Waals surface area contributed by atoms with Crippen LogP contribution < -0.4 is 11.3 Å². The first-order chi connectivity index (χ1) is 7.31. The van der Waals surface area contributed by atoms with Crippen LogP contribution in [0.5, 0.6) is 0 Å². The van der Waals surface area contributed by atoms with E-state index in [0.29, 0.717) is 6.04 Å². The van der Waals surface area contributed by atoms with Gasteiger partial charge < -0.3 is 0 Å². The van der Waals surface area contributed by atoms with Crippen LogP contribution in [0.3, 0.4) is 0 Å². The van der Waals surface area contributed by atoms with Gasteiger partial charge in [0.15, 0.2) is 0 Å². The molecule has 1 fully saturated rings. The highest BCUT2D eigenvalue weighted by Crippen LogP contribution is 2.35.